The van der Waals surface area contributed by atoms with Crippen molar-refractivity contribution < 1.29 is 19.7 Å². The molecule has 0 saturated carbocycles. The molecule has 3 rings (SSSR count). The van der Waals surface area contributed by atoms with Crippen LogP contribution in [0.2, 0.25) is 0 Å². The van der Waals surface area contributed by atoms with Gasteiger partial charge in [0.25, 0.3) is 0 Å². The fourth-order valence-corrected chi connectivity index (χ4v) is 4.49. The Bertz CT molecular complexity index is 819. The number of nitrogens with zero attached hydrogens (tertiary/aromatic N) is 2. The Labute approximate surface area is 161 Å². The van der Waals surface area contributed by atoms with Crippen molar-refractivity contribution in [3.05, 3.63) is 45.0 Å². The average Bonchev–Trinajstić information content (AvgIpc) is 2.55. The number of ether oxygens (including phenoxy) is 1. The number of aromatic hydroxyl groups is 1. The van der Waals surface area contributed by atoms with Gasteiger partial charge < -0.3 is 19.8 Å². The van der Waals surface area contributed by atoms with E-state index in [4.69, 9.17) is 4.74 Å². The maximum Gasteiger partial charge on any atom is 0.328 e. The zero-order chi connectivity index (χ0) is 18.3. The van der Waals surface area contributed by atoms with E-state index in [0.29, 0.717) is 16.1 Å². The Morgan fingerprint density at radius 3 is 2.72 bits per heavy atom. The van der Waals surface area contributed by atoms with Crippen LogP contribution in [0.15, 0.2) is 44.4 Å². The minimum Gasteiger partial charge on any atom is -0.504 e. The fraction of sp³-hybridized carbons (Fsp3) is 0.294. The Kier molecular flexibility index (Phi) is 4.92. The molecule has 0 radical (unpaired) electrons. The standard InChI is InChI=1S/C17H16Br2N2O4/c1-8-14(17(23)24)20-16-11(19)6-10(18)7-21(16)15(8)9-3-4-12(22)13(5-9)25-2/h3-8,14-15,22H,1-2H3,(H,23,24). The normalized spacial score (nSPS) is 25.5. The number of phenols is 1. The van der Waals surface area contributed by atoms with E-state index in [0.717, 1.165) is 10.0 Å². The highest BCUT2D eigenvalue weighted by atomic mass is 79.9. The van der Waals surface area contributed by atoms with Gasteiger partial charge in [-0.3, -0.25) is 4.99 Å². The van der Waals surface area contributed by atoms with Crippen molar-refractivity contribution in [3.63, 3.8) is 0 Å². The van der Waals surface area contributed by atoms with E-state index in [1.807, 2.05) is 24.1 Å². The summed E-state index contributed by atoms with van der Waals surface area (Å²) in [7, 11) is 1.48. The number of aliphatic imine (C=N–C) groups is 1. The molecule has 25 heavy (non-hydrogen) atoms. The number of allylic oxidation sites excluding steroid dienone is 2. The molecular weight excluding hydrogens is 456 g/mol. The molecule has 2 N–H and O–H groups in total. The van der Waals surface area contributed by atoms with Crippen molar-refractivity contribution in [1.82, 2.24) is 4.90 Å². The van der Waals surface area contributed by atoms with Crippen molar-refractivity contribution in [3.8, 4) is 11.5 Å². The average molecular weight is 472 g/mol. The van der Waals surface area contributed by atoms with Gasteiger partial charge >= 0.3 is 5.97 Å². The first kappa shape index (κ1) is 18.0. The summed E-state index contributed by atoms with van der Waals surface area (Å²) in [5.41, 5.74) is 0.833. The van der Waals surface area contributed by atoms with Gasteiger partial charge in [-0.25, -0.2) is 4.79 Å². The van der Waals surface area contributed by atoms with Crippen molar-refractivity contribution in [2.45, 2.75) is 19.0 Å². The second kappa shape index (κ2) is 6.84. The summed E-state index contributed by atoms with van der Waals surface area (Å²) in [5, 5.41) is 19.5. The lowest BCUT2D eigenvalue weighted by Gasteiger charge is -2.42. The van der Waals surface area contributed by atoms with Gasteiger partial charge in [0.15, 0.2) is 17.5 Å². The lowest BCUT2D eigenvalue weighted by molar-refractivity contribution is -0.140. The number of phenolic OH excluding ortho intramolecular Hbond substituents is 1. The molecule has 0 aromatic heterocycles. The van der Waals surface area contributed by atoms with E-state index in [2.05, 4.69) is 36.9 Å². The van der Waals surface area contributed by atoms with Crippen LogP contribution in [-0.2, 0) is 4.79 Å². The maximum absolute atomic E-state index is 11.7. The molecule has 2 aliphatic rings. The highest BCUT2D eigenvalue weighted by Crippen LogP contribution is 2.43. The predicted octanol–water partition coefficient (Wildman–Crippen LogP) is 3.77. The molecule has 132 valence electrons. The van der Waals surface area contributed by atoms with Gasteiger partial charge in [0.1, 0.15) is 5.84 Å². The number of rotatable bonds is 3. The van der Waals surface area contributed by atoms with E-state index in [1.165, 1.54) is 7.11 Å². The highest BCUT2D eigenvalue weighted by Gasteiger charge is 2.42. The number of amidine groups is 1. The SMILES string of the molecule is COc1cc(C2C(C)C(C(=O)O)N=C3C(Br)=CC(Br)=CN32)ccc1O. The first-order chi connectivity index (χ1) is 11.8. The Morgan fingerprint density at radius 2 is 2.08 bits per heavy atom. The third-order valence-electron chi connectivity index (χ3n) is 4.34. The summed E-state index contributed by atoms with van der Waals surface area (Å²) in [6.07, 6.45) is 3.71. The van der Waals surface area contributed by atoms with Crippen LogP contribution in [0.25, 0.3) is 0 Å². The molecule has 1 aromatic carbocycles. The summed E-state index contributed by atoms with van der Waals surface area (Å²) in [6, 6.07) is 3.90. The zero-order valence-electron chi connectivity index (χ0n) is 13.5. The Balaban J connectivity index is 2.15. The Hall–Kier alpha value is -1.80. The number of carbonyl (C=O) groups is 1. The van der Waals surface area contributed by atoms with Crippen LogP contribution in [0.3, 0.4) is 0 Å². The van der Waals surface area contributed by atoms with Crippen LogP contribution in [0.4, 0.5) is 0 Å². The highest BCUT2D eigenvalue weighted by molar-refractivity contribution is 9.12. The van der Waals surface area contributed by atoms with Gasteiger partial charge in [0.2, 0.25) is 0 Å². The van der Waals surface area contributed by atoms with E-state index >= 15 is 0 Å². The lowest BCUT2D eigenvalue weighted by Crippen LogP contribution is -2.46. The van der Waals surface area contributed by atoms with Gasteiger partial charge in [-0.05, 0) is 55.6 Å². The van der Waals surface area contributed by atoms with E-state index < -0.39 is 12.0 Å². The minimum atomic E-state index is -0.968. The molecule has 0 fully saturated rings. The van der Waals surface area contributed by atoms with Crippen molar-refractivity contribution in [1.29, 1.82) is 0 Å². The van der Waals surface area contributed by atoms with Gasteiger partial charge in [-0.2, -0.15) is 0 Å². The predicted molar refractivity (Wildman–Crippen MR) is 101 cm³/mol. The minimum absolute atomic E-state index is 0.0369. The zero-order valence-corrected chi connectivity index (χ0v) is 16.7. The summed E-state index contributed by atoms with van der Waals surface area (Å²) < 4.78 is 6.75. The Morgan fingerprint density at radius 1 is 1.36 bits per heavy atom. The number of hydrogen-bond donors (Lipinski definition) is 2. The van der Waals surface area contributed by atoms with Crippen LogP contribution in [0.1, 0.15) is 18.5 Å². The van der Waals surface area contributed by atoms with Gasteiger partial charge in [0, 0.05) is 16.6 Å². The number of hydrogen-bond acceptors (Lipinski definition) is 5. The molecule has 2 heterocycles. The second-order valence-corrected chi connectivity index (χ2v) is 7.65. The van der Waals surface area contributed by atoms with Gasteiger partial charge in [-0.15, -0.1) is 0 Å². The van der Waals surface area contributed by atoms with Gasteiger partial charge in [0.05, 0.1) is 17.6 Å². The molecule has 0 aliphatic carbocycles. The summed E-state index contributed by atoms with van der Waals surface area (Å²) in [6.45, 7) is 1.86. The van der Waals surface area contributed by atoms with Crippen molar-refractivity contribution >= 4 is 43.7 Å². The van der Waals surface area contributed by atoms with E-state index in [1.54, 1.807) is 18.2 Å². The molecule has 0 saturated heterocycles. The number of halogens is 2. The third-order valence-corrected chi connectivity index (χ3v) is 5.36. The van der Waals surface area contributed by atoms with E-state index in [9.17, 15) is 15.0 Å². The number of aliphatic carboxylic acids is 1. The van der Waals surface area contributed by atoms with Gasteiger partial charge in [-0.1, -0.05) is 13.0 Å². The first-order valence-electron chi connectivity index (χ1n) is 7.54. The molecule has 0 bridgehead atoms. The summed E-state index contributed by atoms with van der Waals surface area (Å²) in [5.74, 6) is -0.328. The van der Waals surface area contributed by atoms with E-state index in [-0.39, 0.29) is 17.7 Å². The molecule has 8 heteroatoms. The van der Waals surface area contributed by atoms with Crippen LogP contribution in [0.5, 0.6) is 11.5 Å². The number of benzene rings is 1. The van der Waals surface area contributed by atoms with Crippen LogP contribution in [-0.4, -0.2) is 40.1 Å². The molecule has 3 atom stereocenters. The quantitative estimate of drug-likeness (QED) is 0.701. The van der Waals surface area contributed by atoms with Crippen LogP contribution < -0.4 is 4.74 Å². The molecular formula is C17H16Br2N2O4. The largest absolute Gasteiger partial charge is 0.504 e. The lowest BCUT2D eigenvalue weighted by atomic mass is 9.85. The van der Waals surface area contributed by atoms with Crippen LogP contribution in [0, 0.1) is 5.92 Å². The molecule has 1 aromatic rings. The molecule has 0 amide bonds. The van der Waals surface area contributed by atoms with Crippen molar-refractivity contribution in [2.75, 3.05) is 7.11 Å². The van der Waals surface area contributed by atoms with Crippen LogP contribution >= 0.6 is 31.9 Å². The first-order valence-corrected chi connectivity index (χ1v) is 9.12. The molecule has 6 nitrogen and oxygen atoms in total. The second-order valence-electron chi connectivity index (χ2n) is 5.88. The fourth-order valence-electron chi connectivity index (χ4n) is 3.18. The number of carboxylic acids is 1. The number of methoxy groups -OCH3 is 1. The summed E-state index contributed by atoms with van der Waals surface area (Å²) in [4.78, 5) is 18.1. The smallest absolute Gasteiger partial charge is 0.328 e. The topological polar surface area (TPSA) is 82.4 Å². The molecule has 0 spiro atoms. The number of fused-ring (bicyclic) bond motifs is 1. The molecule has 3 unspecified atom stereocenters. The monoisotopic (exact) mass is 470 g/mol. The summed E-state index contributed by atoms with van der Waals surface area (Å²) >= 11 is 6.94. The maximum atomic E-state index is 11.7. The third kappa shape index (κ3) is 3.20. The molecule has 2 aliphatic heterocycles. The van der Waals surface area contributed by atoms with Crippen molar-refractivity contribution in [2.24, 2.45) is 10.9 Å². The number of carboxylic acid groups (broad SMARTS) is 1.